The molecule has 3 N–H and O–H groups in total. The van der Waals surface area contributed by atoms with Gasteiger partial charge in [-0.2, -0.15) is 27.2 Å². The van der Waals surface area contributed by atoms with Crippen molar-refractivity contribution in [3.05, 3.63) is 75.7 Å². The van der Waals surface area contributed by atoms with E-state index in [1.807, 2.05) is 17.9 Å². The van der Waals surface area contributed by atoms with Crippen LogP contribution < -0.4 is 25.7 Å². The number of hydrogen-bond acceptors (Lipinski definition) is 7. The van der Waals surface area contributed by atoms with E-state index in [4.69, 9.17) is 10.5 Å². The van der Waals surface area contributed by atoms with Gasteiger partial charge in [-0.3, -0.25) is 4.79 Å². The Labute approximate surface area is 231 Å². The van der Waals surface area contributed by atoms with E-state index in [0.29, 0.717) is 24.0 Å². The second kappa shape index (κ2) is 10.8. The topological polar surface area (TPSA) is 123 Å². The maximum absolute atomic E-state index is 13.9. The number of nitrogens with one attached hydrogen (secondary N) is 1. The summed E-state index contributed by atoms with van der Waals surface area (Å²) in [6.45, 7) is 5.26. The highest BCUT2D eigenvalue weighted by Gasteiger charge is 2.39. The number of anilines is 2. The first kappa shape index (κ1) is 28.0. The minimum Gasteiger partial charge on any atom is -0.486 e. The molecule has 1 aliphatic carbocycles. The molecule has 5 rings (SSSR count). The van der Waals surface area contributed by atoms with Gasteiger partial charge < -0.3 is 15.4 Å². The molecule has 13 heteroatoms. The SMILES string of the molecule is Cc1cc(CNS(=O)(=O)N2CCN(c3cnn(-c4cc(F)cc(F)c4)c(=O)c3OCC3(C)CC3)CC2)ccc1N. The molecule has 10 nitrogen and oxygen atoms in total. The fourth-order valence-corrected chi connectivity index (χ4v) is 5.70. The van der Waals surface area contributed by atoms with Gasteiger partial charge in [0.15, 0.2) is 0 Å². The lowest BCUT2D eigenvalue weighted by Gasteiger charge is -2.35. The molecule has 3 aromatic rings. The Morgan fingerprint density at radius 3 is 2.38 bits per heavy atom. The number of halogens is 2. The summed E-state index contributed by atoms with van der Waals surface area (Å²) in [6, 6.07) is 8.12. The highest BCUT2D eigenvalue weighted by atomic mass is 32.2. The maximum Gasteiger partial charge on any atom is 0.316 e. The predicted octanol–water partition coefficient (Wildman–Crippen LogP) is 2.74. The van der Waals surface area contributed by atoms with E-state index < -0.39 is 27.4 Å². The largest absolute Gasteiger partial charge is 0.486 e. The summed E-state index contributed by atoms with van der Waals surface area (Å²) < 4.78 is 64.6. The van der Waals surface area contributed by atoms with Gasteiger partial charge in [-0.25, -0.2) is 8.78 Å². The predicted molar refractivity (Wildman–Crippen MR) is 148 cm³/mol. The molecule has 1 aromatic heterocycles. The summed E-state index contributed by atoms with van der Waals surface area (Å²) in [7, 11) is -3.76. The van der Waals surface area contributed by atoms with E-state index >= 15 is 0 Å². The first-order valence-electron chi connectivity index (χ1n) is 13.0. The monoisotopic (exact) mass is 574 g/mol. The van der Waals surface area contributed by atoms with Crippen LogP contribution in [0.25, 0.3) is 5.69 Å². The Balaban J connectivity index is 1.33. The number of benzene rings is 2. The average Bonchev–Trinajstić information content (AvgIpc) is 3.65. The number of hydrogen-bond donors (Lipinski definition) is 2. The molecule has 1 saturated carbocycles. The molecule has 0 radical (unpaired) electrons. The molecule has 0 atom stereocenters. The zero-order valence-corrected chi connectivity index (χ0v) is 23.2. The number of nitrogens with two attached hydrogens (primary N) is 1. The number of piperazine rings is 1. The Morgan fingerprint density at radius 1 is 1.07 bits per heavy atom. The maximum atomic E-state index is 13.9. The van der Waals surface area contributed by atoms with Crippen molar-refractivity contribution in [3.63, 3.8) is 0 Å². The van der Waals surface area contributed by atoms with E-state index in [2.05, 4.69) is 16.7 Å². The molecule has 0 unspecified atom stereocenters. The molecular weight excluding hydrogens is 542 g/mol. The highest BCUT2D eigenvalue weighted by molar-refractivity contribution is 7.87. The van der Waals surface area contributed by atoms with Crippen LogP contribution in [0.2, 0.25) is 0 Å². The quantitative estimate of drug-likeness (QED) is 0.377. The Bertz CT molecular complexity index is 1560. The van der Waals surface area contributed by atoms with Crippen LogP contribution in [0.4, 0.5) is 20.2 Å². The van der Waals surface area contributed by atoms with Crippen molar-refractivity contribution in [3.8, 4) is 11.4 Å². The van der Waals surface area contributed by atoms with Crippen LogP contribution in [0.5, 0.6) is 5.75 Å². The molecule has 2 aliphatic rings. The lowest BCUT2D eigenvalue weighted by Crippen LogP contribution is -2.52. The number of nitrogen functional groups attached to an aromatic ring is 1. The number of aromatic nitrogens is 2. The van der Waals surface area contributed by atoms with Crippen LogP contribution in [-0.2, 0) is 16.8 Å². The number of nitrogens with zero attached hydrogens (tertiary/aromatic N) is 4. The van der Waals surface area contributed by atoms with Crippen molar-refractivity contribution in [2.24, 2.45) is 5.41 Å². The van der Waals surface area contributed by atoms with Gasteiger partial charge in [-0.1, -0.05) is 19.1 Å². The van der Waals surface area contributed by atoms with E-state index in [9.17, 15) is 22.0 Å². The second-order valence-corrected chi connectivity index (χ2v) is 12.5. The third kappa shape index (κ3) is 6.11. The average molecular weight is 575 g/mol. The molecule has 0 amide bonds. The van der Waals surface area contributed by atoms with E-state index in [1.165, 1.54) is 10.5 Å². The van der Waals surface area contributed by atoms with Gasteiger partial charge in [0, 0.05) is 49.9 Å². The first-order chi connectivity index (χ1) is 18.9. The fraction of sp³-hybridized carbons (Fsp3) is 0.407. The van der Waals surface area contributed by atoms with Gasteiger partial charge in [-0.15, -0.1) is 0 Å². The summed E-state index contributed by atoms with van der Waals surface area (Å²) in [4.78, 5) is 15.3. The van der Waals surface area contributed by atoms with Crippen molar-refractivity contribution in [2.75, 3.05) is 43.4 Å². The lowest BCUT2D eigenvalue weighted by molar-refractivity contribution is 0.242. The Hall–Kier alpha value is -3.55. The molecule has 2 aromatic carbocycles. The van der Waals surface area contributed by atoms with Crippen molar-refractivity contribution in [1.29, 1.82) is 0 Å². The van der Waals surface area contributed by atoms with Gasteiger partial charge in [-0.05, 0) is 49.1 Å². The van der Waals surface area contributed by atoms with Gasteiger partial charge in [0.1, 0.15) is 17.3 Å². The third-order valence-electron chi connectivity index (χ3n) is 7.39. The van der Waals surface area contributed by atoms with E-state index in [0.717, 1.165) is 40.8 Å². The third-order valence-corrected chi connectivity index (χ3v) is 8.94. The molecule has 1 aliphatic heterocycles. The van der Waals surface area contributed by atoms with Gasteiger partial charge in [0.25, 0.3) is 10.2 Å². The molecule has 2 fully saturated rings. The normalized spacial score (nSPS) is 17.1. The van der Waals surface area contributed by atoms with Crippen molar-refractivity contribution >= 4 is 21.6 Å². The van der Waals surface area contributed by atoms with E-state index in [-0.39, 0.29) is 49.6 Å². The standard InChI is InChI=1S/C27H32F2N6O4S/c1-18-11-19(3-4-23(18)30)15-32-40(37,38)34-9-7-33(8-10-34)24-16-31-35(22-13-20(28)12-21(29)14-22)26(36)25(24)39-17-27(2)5-6-27/h3-4,11-14,16,32H,5-10,15,17,30H2,1-2H3. The summed E-state index contributed by atoms with van der Waals surface area (Å²) >= 11 is 0. The highest BCUT2D eigenvalue weighted by Crippen LogP contribution is 2.45. The molecule has 40 heavy (non-hydrogen) atoms. The smallest absolute Gasteiger partial charge is 0.316 e. The molecule has 214 valence electrons. The van der Waals surface area contributed by atoms with Gasteiger partial charge >= 0.3 is 5.56 Å². The zero-order chi connectivity index (χ0) is 28.7. The fourth-order valence-electron chi connectivity index (χ4n) is 4.52. The summed E-state index contributed by atoms with van der Waals surface area (Å²) in [5, 5.41) is 4.17. The van der Waals surface area contributed by atoms with Gasteiger partial charge in [0.2, 0.25) is 5.75 Å². The van der Waals surface area contributed by atoms with Gasteiger partial charge in [0.05, 0.1) is 18.5 Å². The summed E-state index contributed by atoms with van der Waals surface area (Å²) in [6.07, 6.45) is 3.35. The van der Waals surface area contributed by atoms with Crippen LogP contribution in [-0.4, -0.2) is 55.3 Å². The number of ether oxygens (including phenoxy) is 1. The number of aryl methyl sites for hydroxylation is 1. The Morgan fingerprint density at radius 2 is 1.75 bits per heavy atom. The molecule has 0 bridgehead atoms. The van der Waals surface area contributed by atoms with Crippen LogP contribution in [0, 0.1) is 24.0 Å². The van der Waals surface area contributed by atoms with Crippen molar-refractivity contribution in [1.82, 2.24) is 18.8 Å². The molecular formula is C27H32F2N6O4S. The van der Waals surface area contributed by atoms with Crippen molar-refractivity contribution < 1.29 is 21.9 Å². The van der Waals surface area contributed by atoms with Crippen LogP contribution >= 0.6 is 0 Å². The van der Waals surface area contributed by atoms with Crippen LogP contribution in [0.15, 0.2) is 47.4 Å². The molecule has 2 heterocycles. The Kier molecular flexibility index (Phi) is 7.55. The van der Waals surface area contributed by atoms with Crippen LogP contribution in [0.3, 0.4) is 0 Å². The summed E-state index contributed by atoms with van der Waals surface area (Å²) in [5.41, 5.74) is 7.81. The minimum atomic E-state index is -3.76. The van der Waals surface area contributed by atoms with Crippen molar-refractivity contribution in [2.45, 2.75) is 33.2 Å². The molecule has 0 spiro atoms. The number of rotatable bonds is 9. The minimum absolute atomic E-state index is 0.0148. The molecule has 1 saturated heterocycles. The zero-order valence-electron chi connectivity index (χ0n) is 22.4. The summed E-state index contributed by atoms with van der Waals surface area (Å²) in [5.74, 6) is -1.66. The van der Waals surface area contributed by atoms with Crippen LogP contribution in [0.1, 0.15) is 30.9 Å². The lowest BCUT2D eigenvalue weighted by atomic mass is 10.1. The second-order valence-electron chi connectivity index (χ2n) is 10.7. The van der Waals surface area contributed by atoms with E-state index in [1.54, 1.807) is 12.1 Å². The first-order valence-corrected chi connectivity index (χ1v) is 14.4.